The Morgan fingerprint density at radius 1 is 1.12 bits per heavy atom. The molecular formula is C22H20F4N4O2. The molecule has 1 unspecified atom stereocenters. The SMILES string of the molecule is CC(C#N)(NC(=O)CNc1ccc(NC(=O)c2ccc(F)cc2)cc1C(F)(F)F)C1CC1. The number of benzene rings is 2. The number of halogens is 4. The molecule has 3 N–H and O–H groups in total. The van der Waals surface area contributed by atoms with E-state index in [0.717, 1.165) is 37.1 Å². The molecular weight excluding hydrogens is 428 g/mol. The van der Waals surface area contributed by atoms with Crippen molar-refractivity contribution < 1.29 is 27.2 Å². The van der Waals surface area contributed by atoms with Gasteiger partial charge in [0.1, 0.15) is 11.4 Å². The molecule has 2 aromatic carbocycles. The molecule has 1 fully saturated rings. The van der Waals surface area contributed by atoms with Crippen LogP contribution in [0.15, 0.2) is 42.5 Å². The average Bonchev–Trinajstić information content (AvgIpc) is 3.58. The van der Waals surface area contributed by atoms with Gasteiger partial charge in [-0.05, 0) is 68.1 Å². The highest BCUT2D eigenvalue weighted by Crippen LogP contribution is 2.39. The van der Waals surface area contributed by atoms with Crippen LogP contribution in [0.2, 0.25) is 0 Å². The van der Waals surface area contributed by atoms with Gasteiger partial charge in [-0.25, -0.2) is 4.39 Å². The second-order valence-corrected chi connectivity index (χ2v) is 7.71. The van der Waals surface area contributed by atoms with Crippen LogP contribution in [0.3, 0.4) is 0 Å². The van der Waals surface area contributed by atoms with Crippen molar-refractivity contribution in [1.29, 1.82) is 5.26 Å². The maximum absolute atomic E-state index is 13.6. The lowest BCUT2D eigenvalue weighted by molar-refractivity contribution is -0.137. The topological polar surface area (TPSA) is 94.0 Å². The summed E-state index contributed by atoms with van der Waals surface area (Å²) in [5.41, 5.74) is -2.52. The first-order valence-electron chi connectivity index (χ1n) is 9.76. The van der Waals surface area contributed by atoms with Gasteiger partial charge in [-0.15, -0.1) is 0 Å². The van der Waals surface area contributed by atoms with E-state index in [4.69, 9.17) is 0 Å². The number of nitrogens with one attached hydrogen (secondary N) is 3. The molecule has 1 aliphatic rings. The van der Waals surface area contributed by atoms with Crippen LogP contribution < -0.4 is 16.0 Å². The predicted octanol–water partition coefficient (Wildman–Crippen LogP) is 4.32. The normalized spacial score (nSPS) is 15.2. The van der Waals surface area contributed by atoms with Crippen LogP contribution in [0.1, 0.15) is 35.7 Å². The number of nitriles is 1. The van der Waals surface area contributed by atoms with Gasteiger partial charge in [0.2, 0.25) is 5.91 Å². The van der Waals surface area contributed by atoms with Crippen LogP contribution in [0.25, 0.3) is 0 Å². The van der Waals surface area contributed by atoms with E-state index < -0.39 is 41.5 Å². The first-order valence-corrected chi connectivity index (χ1v) is 9.76. The molecule has 0 bridgehead atoms. The number of anilines is 2. The molecule has 0 spiro atoms. The summed E-state index contributed by atoms with van der Waals surface area (Å²) in [5, 5.41) is 16.6. The maximum atomic E-state index is 13.6. The molecule has 1 saturated carbocycles. The zero-order valence-electron chi connectivity index (χ0n) is 17.0. The Kier molecular flexibility index (Phi) is 6.39. The fourth-order valence-corrected chi connectivity index (χ4v) is 3.21. The van der Waals surface area contributed by atoms with Crippen LogP contribution >= 0.6 is 0 Å². The molecule has 32 heavy (non-hydrogen) atoms. The summed E-state index contributed by atoms with van der Waals surface area (Å²) in [6.45, 7) is 1.12. The summed E-state index contributed by atoms with van der Waals surface area (Å²) >= 11 is 0. The fourth-order valence-electron chi connectivity index (χ4n) is 3.21. The zero-order chi connectivity index (χ0) is 23.5. The van der Waals surface area contributed by atoms with Crippen LogP contribution in [0.5, 0.6) is 0 Å². The maximum Gasteiger partial charge on any atom is 0.418 e. The summed E-state index contributed by atoms with van der Waals surface area (Å²) in [7, 11) is 0. The van der Waals surface area contributed by atoms with Crippen molar-refractivity contribution in [2.75, 3.05) is 17.2 Å². The van der Waals surface area contributed by atoms with Gasteiger partial charge in [0, 0.05) is 16.9 Å². The van der Waals surface area contributed by atoms with Crippen LogP contribution in [0, 0.1) is 23.1 Å². The summed E-state index contributed by atoms with van der Waals surface area (Å²) in [6, 6.07) is 9.68. The van der Waals surface area contributed by atoms with Gasteiger partial charge in [-0.2, -0.15) is 18.4 Å². The average molecular weight is 448 g/mol. The van der Waals surface area contributed by atoms with Crippen LogP contribution in [-0.4, -0.2) is 23.9 Å². The van der Waals surface area contributed by atoms with Gasteiger partial charge < -0.3 is 16.0 Å². The standard InChI is InChI=1S/C22H20F4N4O2/c1-21(12-27,14-4-5-14)30-19(31)11-28-18-9-8-16(10-17(18)22(24,25)26)29-20(32)13-2-6-15(23)7-3-13/h2-3,6-10,14,28H,4-5,11H2,1H3,(H,29,32)(H,30,31). The monoisotopic (exact) mass is 448 g/mol. The molecule has 10 heteroatoms. The summed E-state index contributed by atoms with van der Waals surface area (Å²) in [4.78, 5) is 24.4. The molecule has 1 aliphatic carbocycles. The summed E-state index contributed by atoms with van der Waals surface area (Å²) in [5.74, 6) is -1.82. The van der Waals surface area contributed by atoms with Crippen LogP contribution in [-0.2, 0) is 11.0 Å². The second-order valence-electron chi connectivity index (χ2n) is 7.71. The van der Waals surface area contributed by atoms with Gasteiger partial charge in [-0.3, -0.25) is 9.59 Å². The number of nitrogens with zero attached hydrogens (tertiary/aromatic N) is 1. The van der Waals surface area contributed by atoms with Crippen molar-refractivity contribution in [3.63, 3.8) is 0 Å². The van der Waals surface area contributed by atoms with E-state index >= 15 is 0 Å². The molecule has 168 valence electrons. The lowest BCUT2D eigenvalue weighted by Gasteiger charge is -2.23. The molecule has 0 radical (unpaired) electrons. The summed E-state index contributed by atoms with van der Waals surface area (Å²) in [6.07, 6.45) is -3.15. The van der Waals surface area contributed by atoms with E-state index in [2.05, 4.69) is 16.0 Å². The van der Waals surface area contributed by atoms with Gasteiger partial charge in [0.25, 0.3) is 5.91 Å². The molecule has 2 amide bonds. The Morgan fingerprint density at radius 2 is 1.78 bits per heavy atom. The molecule has 1 atom stereocenters. The Morgan fingerprint density at radius 3 is 2.34 bits per heavy atom. The molecule has 2 aromatic rings. The van der Waals surface area contributed by atoms with Crippen molar-refractivity contribution in [1.82, 2.24) is 5.32 Å². The van der Waals surface area contributed by atoms with E-state index in [1.807, 2.05) is 6.07 Å². The van der Waals surface area contributed by atoms with E-state index in [9.17, 15) is 32.4 Å². The molecule has 0 heterocycles. The highest BCUT2D eigenvalue weighted by molar-refractivity contribution is 6.04. The van der Waals surface area contributed by atoms with Crippen molar-refractivity contribution in [2.24, 2.45) is 5.92 Å². The van der Waals surface area contributed by atoms with Gasteiger partial charge in [0.05, 0.1) is 18.2 Å². The highest BCUT2D eigenvalue weighted by atomic mass is 19.4. The third-order valence-corrected chi connectivity index (χ3v) is 5.15. The first-order chi connectivity index (χ1) is 15.0. The lowest BCUT2D eigenvalue weighted by atomic mass is 9.98. The lowest BCUT2D eigenvalue weighted by Crippen LogP contribution is -2.48. The Hall–Kier alpha value is -3.61. The molecule has 0 aliphatic heterocycles. The third-order valence-electron chi connectivity index (χ3n) is 5.15. The predicted molar refractivity (Wildman–Crippen MR) is 109 cm³/mol. The van der Waals surface area contributed by atoms with Crippen molar-refractivity contribution >= 4 is 23.2 Å². The minimum Gasteiger partial charge on any atom is -0.376 e. The van der Waals surface area contributed by atoms with E-state index in [1.165, 1.54) is 18.2 Å². The van der Waals surface area contributed by atoms with Gasteiger partial charge in [0.15, 0.2) is 0 Å². The number of rotatable bonds is 7. The van der Waals surface area contributed by atoms with E-state index in [1.54, 1.807) is 6.92 Å². The number of amides is 2. The molecule has 3 rings (SSSR count). The number of carbonyl (C=O) groups excluding carboxylic acids is 2. The minimum absolute atomic E-state index is 0.0335. The quantitative estimate of drug-likeness (QED) is 0.550. The minimum atomic E-state index is -4.76. The molecule has 0 saturated heterocycles. The Labute approximate surface area is 181 Å². The van der Waals surface area contributed by atoms with Crippen molar-refractivity contribution in [2.45, 2.75) is 31.5 Å². The Balaban J connectivity index is 1.71. The largest absolute Gasteiger partial charge is 0.418 e. The number of hydrogen-bond donors (Lipinski definition) is 3. The highest BCUT2D eigenvalue weighted by Gasteiger charge is 2.43. The second kappa shape index (κ2) is 8.86. The molecule has 0 aromatic heterocycles. The molecule has 6 nitrogen and oxygen atoms in total. The Bertz CT molecular complexity index is 1060. The fraction of sp³-hybridized carbons (Fsp3) is 0.318. The van der Waals surface area contributed by atoms with Crippen molar-refractivity contribution in [3.8, 4) is 6.07 Å². The van der Waals surface area contributed by atoms with Gasteiger partial charge >= 0.3 is 6.18 Å². The van der Waals surface area contributed by atoms with E-state index in [-0.39, 0.29) is 22.9 Å². The van der Waals surface area contributed by atoms with E-state index in [0.29, 0.717) is 0 Å². The number of alkyl halides is 3. The summed E-state index contributed by atoms with van der Waals surface area (Å²) < 4.78 is 53.7. The first kappa shape index (κ1) is 23.1. The smallest absolute Gasteiger partial charge is 0.376 e. The number of carbonyl (C=O) groups is 2. The van der Waals surface area contributed by atoms with Gasteiger partial charge in [-0.1, -0.05) is 0 Å². The third kappa shape index (κ3) is 5.55. The van der Waals surface area contributed by atoms with Crippen LogP contribution in [0.4, 0.5) is 28.9 Å². The zero-order valence-corrected chi connectivity index (χ0v) is 17.0. The number of hydrogen-bond acceptors (Lipinski definition) is 4. The van der Waals surface area contributed by atoms with Crippen molar-refractivity contribution in [3.05, 3.63) is 59.4 Å².